The number of nitro groups is 1. The topological polar surface area (TPSA) is 162 Å². The highest BCUT2D eigenvalue weighted by Crippen LogP contribution is 2.62. The molecule has 74 heavy (non-hydrogen) atoms. The molecule has 1 amide bonds. The van der Waals surface area contributed by atoms with Crippen LogP contribution in [0.5, 0.6) is 17.2 Å². The van der Waals surface area contributed by atoms with Gasteiger partial charge >= 0.3 is 6.09 Å². The molecule has 7 rings (SSSR count). The van der Waals surface area contributed by atoms with Crippen LogP contribution in [0.4, 0.5) is 10.5 Å². The average Bonchev–Trinajstić information content (AvgIpc) is 3.43. The number of non-ortho nitro benzene ring substituents is 1. The van der Waals surface area contributed by atoms with E-state index < -0.39 is 34.4 Å². The van der Waals surface area contributed by atoms with Crippen LogP contribution >= 0.6 is 0 Å². The van der Waals surface area contributed by atoms with Gasteiger partial charge in [-0.2, -0.15) is 0 Å². The van der Waals surface area contributed by atoms with Gasteiger partial charge in [0.05, 0.1) is 42.4 Å². The first-order chi connectivity index (χ1) is 35.9. The summed E-state index contributed by atoms with van der Waals surface area (Å²) in [7, 11) is 0. The summed E-state index contributed by atoms with van der Waals surface area (Å²) in [6.07, 6.45) is 19.7. The molecule has 6 unspecified atom stereocenters. The molecule has 2 N–H and O–H groups in total. The van der Waals surface area contributed by atoms with E-state index in [-0.39, 0.29) is 62.8 Å². The van der Waals surface area contributed by atoms with Crippen LogP contribution in [0.3, 0.4) is 0 Å². The maximum atomic E-state index is 15.4. The van der Waals surface area contributed by atoms with Crippen molar-refractivity contribution >= 4 is 28.3 Å². The molecule has 1 fully saturated rings. The van der Waals surface area contributed by atoms with E-state index in [1.54, 1.807) is 29.2 Å². The maximum absolute atomic E-state index is 15.4. The molecule has 400 valence electrons. The lowest BCUT2D eigenvalue weighted by Gasteiger charge is -2.60. The molecule has 1 aliphatic heterocycles. The summed E-state index contributed by atoms with van der Waals surface area (Å²) in [5.41, 5.74) is 2.66. The zero-order chi connectivity index (χ0) is 52.5. The van der Waals surface area contributed by atoms with Gasteiger partial charge in [0.1, 0.15) is 28.9 Å². The number of aliphatic hydroxyl groups is 2. The van der Waals surface area contributed by atoms with Crippen LogP contribution in [-0.4, -0.2) is 75.7 Å². The zero-order valence-corrected chi connectivity index (χ0v) is 44.4. The number of nitro benzene ring substituents is 1. The third-order valence-electron chi connectivity index (χ3n) is 14.9. The molecule has 4 aromatic carbocycles. The van der Waals surface area contributed by atoms with Crippen LogP contribution in [-0.2, 0) is 20.9 Å². The van der Waals surface area contributed by atoms with Gasteiger partial charge in [0, 0.05) is 37.2 Å². The smallest absolute Gasteiger partial charge is 0.410 e. The lowest BCUT2D eigenvalue weighted by molar-refractivity contribution is -0.384. The number of carbonyl (C=O) groups is 1. The Labute approximate surface area is 439 Å². The van der Waals surface area contributed by atoms with E-state index in [0.717, 1.165) is 72.4 Å². The predicted octanol–water partition coefficient (Wildman–Crippen LogP) is 14.5. The van der Waals surface area contributed by atoms with Gasteiger partial charge < -0.3 is 34.0 Å². The van der Waals surface area contributed by atoms with E-state index in [0.29, 0.717) is 35.8 Å². The number of carbonyl (C=O) groups excluding carboxylic acids is 1. The number of unbranched alkanes of at least 4 members (excludes halogenated alkanes) is 11. The molecule has 4 aromatic rings. The Morgan fingerprint density at radius 2 is 1.55 bits per heavy atom. The molecule has 13 heteroatoms. The van der Waals surface area contributed by atoms with Crippen molar-refractivity contribution < 1.29 is 43.7 Å². The van der Waals surface area contributed by atoms with Crippen LogP contribution < -0.4 is 9.47 Å². The fourth-order valence-corrected chi connectivity index (χ4v) is 11.4. The first-order valence-corrected chi connectivity index (χ1v) is 27.5. The largest absolute Gasteiger partial charge is 0.459 e. The van der Waals surface area contributed by atoms with Gasteiger partial charge in [0.15, 0.2) is 0 Å². The zero-order valence-electron chi connectivity index (χ0n) is 44.4. The third kappa shape index (κ3) is 14.1. The summed E-state index contributed by atoms with van der Waals surface area (Å²) < 4.78 is 27.6. The second kappa shape index (κ2) is 27.2. The first-order valence-electron chi connectivity index (χ1n) is 27.5. The molecule has 0 radical (unpaired) electrons. The summed E-state index contributed by atoms with van der Waals surface area (Å²) in [6.45, 7) is 12.9. The molecule has 13 nitrogen and oxygen atoms in total. The molecule has 3 aliphatic rings. The normalized spacial score (nSPS) is 21.5. The summed E-state index contributed by atoms with van der Waals surface area (Å²) in [6, 6.07) is 25.3. The SMILES string of the molecule is C=CCOC12Oc3ccc(Oc4cccc([N+](=O)[O-])c4)cc3C3C(CCCCO)C(CCCCO)C=C(C(=NOC(C)(C)C)CC1N(Cc1cccc4ccccc14)C(=O)OCCCCCCCCCCCC)C32. The van der Waals surface area contributed by atoms with Crippen LogP contribution in [0.25, 0.3) is 10.8 Å². The Balaban J connectivity index is 1.37. The van der Waals surface area contributed by atoms with Crippen molar-refractivity contribution in [3.05, 3.63) is 130 Å². The second-order valence-corrected chi connectivity index (χ2v) is 21.4. The number of amides is 1. The monoisotopic (exact) mass is 1020 g/mol. The summed E-state index contributed by atoms with van der Waals surface area (Å²) in [5.74, 6) is -1.08. The van der Waals surface area contributed by atoms with Crippen molar-refractivity contribution in [1.29, 1.82) is 0 Å². The molecular formula is C61H81N3O10. The van der Waals surface area contributed by atoms with Crippen LogP contribution in [0, 0.1) is 27.9 Å². The van der Waals surface area contributed by atoms with E-state index >= 15 is 4.79 Å². The van der Waals surface area contributed by atoms with Crippen molar-refractivity contribution in [2.24, 2.45) is 22.9 Å². The number of hydrogen-bond donors (Lipinski definition) is 2. The van der Waals surface area contributed by atoms with Gasteiger partial charge in [-0.25, -0.2) is 4.79 Å². The number of allylic oxidation sites excluding steroid dienone is 1. The number of oxime groups is 1. The van der Waals surface area contributed by atoms with E-state index in [1.807, 2.05) is 51.1 Å². The molecule has 2 aliphatic carbocycles. The molecule has 1 heterocycles. The van der Waals surface area contributed by atoms with E-state index in [9.17, 15) is 20.3 Å². The number of hydrogen-bond acceptors (Lipinski definition) is 11. The third-order valence-corrected chi connectivity index (χ3v) is 14.9. The van der Waals surface area contributed by atoms with E-state index in [2.05, 4.69) is 43.8 Å². The maximum Gasteiger partial charge on any atom is 0.410 e. The van der Waals surface area contributed by atoms with Crippen LogP contribution in [0.15, 0.2) is 114 Å². The number of ether oxygens (including phenoxy) is 4. The van der Waals surface area contributed by atoms with Gasteiger partial charge in [0.25, 0.3) is 5.69 Å². The van der Waals surface area contributed by atoms with Gasteiger partial charge in [-0.05, 0) is 111 Å². The number of rotatable bonds is 29. The number of fused-ring (bicyclic) bond motifs is 3. The highest BCUT2D eigenvalue weighted by molar-refractivity contribution is 6.03. The summed E-state index contributed by atoms with van der Waals surface area (Å²) in [4.78, 5) is 34.9. The standard InChI is InChI=1S/C61H81N3O10/c1-6-8-9-10-11-12-13-14-15-22-38-70-59(67)63(43-46-28-23-27-44-25-16-17-31-50(44)46)56-42-54(62-74-60(3,4)5)52-39-45(26-18-20-35-65)51(32-19-21-36-66)57-53-41-49(72-48-30-24-29-47(40-48)64(68)69)33-34-55(53)73-61(56,58(52)57)71-37-7-2/h7,16-17,23-25,27-31,33-34,39-41,45,51,56-58,65-66H,2,6,8-15,18-22,26,32,35-38,42-43H2,1,3-5H3. The molecule has 0 spiro atoms. The van der Waals surface area contributed by atoms with Crippen molar-refractivity contribution in [2.75, 3.05) is 26.4 Å². The Morgan fingerprint density at radius 3 is 2.27 bits per heavy atom. The Morgan fingerprint density at radius 1 is 0.865 bits per heavy atom. The Hall–Kier alpha value is -5.76. The lowest BCUT2D eigenvalue weighted by atomic mass is 9.55. The van der Waals surface area contributed by atoms with Crippen LogP contribution in [0.2, 0.25) is 0 Å². The molecular weight excluding hydrogens is 935 g/mol. The fraction of sp³-hybridized carbons (Fsp3) is 0.541. The lowest BCUT2D eigenvalue weighted by Crippen LogP contribution is -2.70. The van der Waals surface area contributed by atoms with Gasteiger partial charge in [-0.1, -0.05) is 143 Å². The molecule has 0 aromatic heterocycles. The molecule has 6 atom stereocenters. The molecule has 0 bridgehead atoms. The predicted molar refractivity (Wildman–Crippen MR) is 292 cm³/mol. The summed E-state index contributed by atoms with van der Waals surface area (Å²) in [5, 5.41) is 39.1. The Bertz CT molecular complexity index is 2530. The number of benzene rings is 4. The van der Waals surface area contributed by atoms with Crippen molar-refractivity contribution in [2.45, 2.75) is 167 Å². The van der Waals surface area contributed by atoms with Gasteiger partial charge in [0.2, 0.25) is 5.79 Å². The second-order valence-electron chi connectivity index (χ2n) is 21.4. The highest BCUT2D eigenvalue weighted by atomic mass is 16.7. The van der Waals surface area contributed by atoms with Crippen molar-refractivity contribution in [3.8, 4) is 17.2 Å². The minimum atomic E-state index is -1.52. The summed E-state index contributed by atoms with van der Waals surface area (Å²) >= 11 is 0. The van der Waals surface area contributed by atoms with Crippen LogP contribution in [0.1, 0.15) is 154 Å². The van der Waals surface area contributed by atoms with Crippen molar-refractivity contribution in [3.63, 3.8) is 0 Å². The number of aliphatic hydroxyl groups excluding tert-OH is 2. The molecule has 1 saturated carbocycles. The quantitative estimate of drug-likeness (QED) is 0.0232. The van der Waals surface area contributed by atoms with E-state index in [1.165, 1.54) is 57.1 Å². The Kier molecular flexibility index (Phi) is 20.5. The van der Waals surface area contributed by atoms with Gasteiger partial charge in [-0.3, -0.25) is 15.0 Å². The molecule has 0 saturated heterocycles. The van der Waals surface area contributed by atoms with E-state index in [4.69, 9.17) is 28.9 Å². The van der Waals surface area contributed by atoms with Crippen molar-refractivity contribution in [1.82, 2.24) is 4.90 Å². The minimum Gasteiger partial charge on any atom is -0.459 e. The minimum absolute atomic E-state index is 0.00934. The van der Waals surface area contributed by atoms with Gasteiger partial charge in [-0.15, -0.1) is 6.58 Å². The fourth-order valence-electron chi connectivity index (χ4n) is 11.4. The highest BCUT2D eigenvalue weighted by Gasteiger charge is 2.66. The average molecular weight is 1020 g/mol. The number of nitrogens with zero attached hydrogens (tertiary/aromatic N) is 3. The first kappa shape index (κ1) is 56.0.